The molecule has 9 heteroatoms. The minimum atomic E-state index is -0.571. The Kier molecular flexibility index (Phi) is 8.26. The highest BCUT2D eigenvalue weighted by atomic mass is 19.1. The van der Waals surface area contributed by atoms with Crippen molar-refractivity contribution >= 4 is 17.5 Å². The van der Waals surface area contributed by atoms with Crippen LogP contribution in [0.25, 0.3) is 0 Å². The number of halogens is 1. The molecule has 2 atom stereocenters. The zero-order valence-corrected chi connectivity index (χ0v) is 21.4. The van der Waals surface area contributed by atoms with Crippen molar-refractivity contribution in [3.05, 3.63) is 103 Å². The van der Waals surface area contributed by atoms with E-state index in [4.69, 9.17) is 4.74 Å². The molecule has 1 aliphatic rings. The van der Waals surface area contributed by atoms with Crippen molar-refractivity contribution in [2.75, 3.05) is 11.9 Å². The van der Waals surface area contributed by atoms with Gasteiger partial charge in [-0.2, -0.15) is 5.10 Å². The van der Waals surface area contributed by atoms with E-state index in [0.717, 1.165) is 19.3 Å². The maximum absolute atomic E-state index is 13.4. The van der Waals surface area contributed by atoms with Crippen molar-refractivity contribution in [3.63, 3.8) is 0 Å². The standard InChI is InChI=1S/C30H30FN5O3/c31-24-9-13-26(14-10-24)39-27-15-11-25(12-16-27)34-30(38)28-17-23(8-4-7-22-5-2-1-3-6-22)18-36(28)29(37)19-35-21-32-20-33-35/h1-3,5-6,9-16,20-21,23,28H,4,7-8,17-19H2,(H,34,38). The Balaban J connectivity index is 1.21. The van der Waals surface area contributed by atoms with Crippen LogP contribution >= 0.6 is 0 Å². The summed E-state index contributed by atoms with van der Waals surface area (Å²) in [6.45, 7) is 0.570. The summed E-state index contributed by atoms with van der Waals surface area (Å²) in [4.78, 5) is 32.1. The lowest BCUT2D eigenvalue weighted by Gasteiger charge is -2.24. The minimum absolute atomic E-state index is 0.0376. The Morgan fingerprint density at radius 2 is 1.69 bits per heavy atom. The number of hydrogen-bond acceptors (Lipinski definition) is 5. The highest BCUT2D eigenvalue weighted by Gasteiger charge is 2.39. The third kappa shape index (κ3) is 7.07. The summed E-state index contributed by atoms with van der Waals surface area (Å²) in [5.41, 5.74) is 1.89. The van der Waals surface area contributed by atoms with Crippen LogP contribution in [0, 0.1) is 11.7 Å². The molecule has 2 unspecified atom stereocenters. The third-order valence-corrected chi connectivity index (χ3v) is 6.87. The molecule has 3 aromatic carbocycles. The number of nitrogens with zero attached hydrogens (tertiary/aromatic N) is 4. The topological polar surface area (TPSA) is 89.4 Å². The van der Waals surface area contributed by atoms with Gasteiger partial charge >= 0.3 is 0 Å². The van der Waals surface area contributed by atoms with Crippen LogP contribution in [-0.2, 0) is 22.6 Å². The highest BCUT2D eigenvalue weighted by molar-refractivity contribution is 5.97. The Labute approximate surface area is 226 Å². The maximum Gasteiger partial charge on any atom is 0.247 e. The molecule has 1 N–H and O–H groups in total. The van der Waals surface area contributed by atoms with Crippen LogP contribution in [0.1, 0.15) is 24.8 Å². The van der Waals surface area contributed by atoms with E-state index < -0.39 is 6.04 Å². The number of ether oxygens (including phenoxy) is 1. The SMILES string of the molecule is O=C(Nc1ccc(Oc2ccc(F)cc2)cc1)C1CC(CCCc2ccccc2)CN1C(=O)Cn1cncn1. The third-order valence-electron chi connectivity index (χ3n) is 6.87. The molecule has 0 aliphatic carbocycles. The first kappa shape index (κ1) is 26.1. The van der Waals surface area contributed by atoms with E-state index in [1.54, 1.807) is 41.3 Å². The number of anilines is 1. The average Bonchev–Trinajstić information content (AvgIpc) is 3.62. The summed E-state index contributed by atoms with van der Waals surface area (Å²) in [7, 11) is 0. The number of carbonyl (C=O) groups excluding carboxylic acids is 2. The second-order valence-electron chi connectivity index (χ2n) is 9.70. The molecular formula is C30H30FN5O3. The lowest BCUT2D eigenvalue weighted by Crippen LogP contribution is -2.44. The zero-order chi connectivity index (χ0) is 27.0. The van der Waals surface area contributed by atoms with E-state index in [-0.39, 0.29) is 30.1 Å². The molecule has 8 nitrogen and oxygen atoms in total. The van der Waals surface area contributed by atoms with Crippen molar-refractivity contribution in [2.24, 2.45) is 5.92 Å². The van der Waals surface area contributed by atoms with Gasteiger partial charge in [-0.3, -0.25) is 9.59 Å². The number of carbonyl (C=O) groups is 2. The molecule has 2 amide bonds. The number of aryl methyl sites for hydroxylation is 1. The predicted octanol–water partition coefficient (Wildman–Crippen LogP) is 5.09. The first-order chi connectivity index (χ1) is 19.0. The smallest absolute Gasteiger partial charge is 0.247 e. The van der Waals surface area contributed by atoms with Gasteiger partial charge in [0.2, 0.25) is 11.8 Å². The second-order valence-corrected chi connectivity index (χ2v) is 9.70. The molecule has 200 valence electrons. The molecule has 0 saturated carbocycles. The number of nitrogens with one attached hydrogen (secondary N) is 1. The fraction of sp³-hybridized carbons (Fsp3) is 0.267. The molecule has 0 radical (unpaired) electrons. The molecule has 5 rings (SSSR count). The van der Waals surface area contributed by atoms with E-state index in [9.17, 15) is 14.0 Å². The zero-order valence-electron chi connectivity index (χ0n) is 21.4. The van der Waals surface area contributed by atoms with Crippen LogP contribution in [-0.4, -0.2) is 44.1 Å². The molecule has 1 saturated heterocycles. The Hall–Kier alpha value is -4.53. The van der Waals surface area contributed by atoms with E-state index in [2.05, 4.69) is 27.5 Å². The fourth-order valence-electron chi connectivity index (χ4n) is 4.91. The highest BCUT2D eigenvalue weighted by Crippen LogP contribution is 2.29. The molecule has 1 aromatic heterocycles. The molecule has 1 aliphatic heterocycles. The maximum atomic E-state index is 13.4. The van der Waals surface area contributed by atoms with Gasteiger partial charge in [0.1, 0.15) is 42.6 Å². The largest absolute Gasteiger partial charge is 0.457 e. The first-order valence-electron chi connectivity index (χ1n) is 13.0. The normalized spacial score (nSPS) is 16.7. The quantitative estimate of drug-likeness (QED) is 0.310. The van der Waals surface area contributed by atoms with Crippen molar-refractivity contribution in [3.8, 4) is 11.5 Å². The van der Waals surface area contributed by atoms with E-state index in [1.807, 2.05) is 18.2 Å². The predicted molar refractivity (Wildman–Crippen MR) is 145 cm³/mol. The van der Waals surface area contributed by atoms with Crippen LogP contribution < -0.4 is 10.1 Å². The molecule has 39 heavy (non-hydrogen) atoms. The number of likely N-dealkylation sites (tertiary alicyclic amines) is 1. The van der Waals surface area contributed by atoms with Gasteiger partial charge < -0.3 is 15.0 Å². The monoisotopic (exact) mass is 527 g/mol. The number of aromatic nitrogens is 3. The van der Waals surface area contributed by atoms with Crippen LogP contribution in [0.5, 0.6) is 11.5 Å². The number of hydrogen-bond donors (Lipinski definition) is 1. The Morgan fingerprint density at radius 1 is 0.974 bits per heavy atom. The fourth-order valence-corrected chi connectivity index (χ4v) is 4.91. The van der Waals surface area contributed by atoms with Crippen molar-refractivity contribution in [1.29, 1.82) is 0 Å². The number of benzene rings is 3. The summed E-state index contributed by atoms with van der Waals surface area (Å²) in [5.74, 6) is 0.590. The van der Waals surface area contributed by atoms with Gasteiger partial charge in [0, 0.05) is 12.2 Å². The summed E-state index contributed by atoms with van der Waals surface area (Å²) in [5, 5.41) is 6.99. The molecule has 1 fully saturated rings. The summed E-state index contributed by atoms with van der Waals surface area (Å²) < 4.78 is 20.3. The summed E-state index contributed by atoms with van der Waals surface area (Å²) in [6.07, 6.45) is 6.38. The second kappa shape index (κ2) is 12.3. The molecule has 0 spiro atoms. The Morgan fingerprint density at radius 3 is 2.38 bits per heavy atom. The number of rotatable bonds is 10. The summed E-state index contributed by atoms with van der Waals surface area (Å²) in [6, 6.07) is 22.5. The minimum Gasteiger partial charge on any atom is -0.457 e. The van der Waals surface area contributed by atoms with Crippen LogP contribution in [0.2, 0.25) is 0 Å². The van der Waals surface area contributed by atoms with Gasteiger partial charge in [0.15, 0.2) is 0 Å². The van der Waals surface area contributed by atoms with Gasteiger partial charge in [0.05, 0.1) is 0 Å². The van der Waals surface area contributed by atoms with E-state index in [1.165, 1.54) is 35.0 Å². The lowest BCUT2D eigenvalue weighted by molar-refractivity contribution is -0.137. The van der Waals surface area contributed by atoms with E-state index in [0.29, 0.717) is 30.2 Å². The van der Waals surface area contributed by atoms with Crippen molar-refractivity contribution in [2.45, 2.75) is 38.3 Å². The van der Waals surface area contributed by atoms with E-state index >= 15 is 0 Å². The van der Waals surface area contributed by atoms with Crippen LogP contribution in [0.4, 0.5) is 10.1 Å². The van der Waals surface area contributed by atoms with Crippen LogP contribution in [0.15, 0.2) is 91.5 Å². The van der Waals surface area contributed by atoms with Crippen molar-refractivity contribution < 1.29 is 18.7 Å². The number of amides is 2. The first-order valence-corrected chi connectivity index (χ1v) is 13.0. The summed E-state index contributed by atoms with van der Waals surface area (Å²) >= 11 is 0. The molecular weight excluding hydrogens is 497 g/mol. The van der Waals surface area contributed by atoms with Gasteiger partial charge in [-0.25, -0.2) is 14.1 Å². The average molecular weight is 528 g/mol. The van der Waals surface area contributed by atoms with Gasteiger partial charge in [0.25, 0.3) is 0 Å². The van der Waals surface area contributed by atoms with Gasteiger partial charge in [-0.1, -0.05) is 30.3 Å². The van der Waals surface area contributed by atoms with Crippen molar-refractivity contribution in [1.82, 2.24) is 19.7 Å². The van der Waals surface area contributed by atoms with Crippen LogP contribution in [0.3, 0.4) is 0 Å². The lowest BCUT2D eigenvalue weighted by atomic mass is 9.97. The molecule has 0 bridgehead atoms. The van der Waals surface area contributed by atoms with Gasteiger partial charge in [-0.05, 0) is 85.7 Å². The molecule has 4 aromatic rings. The Bertz CT molecular complexity index is 1360. The molecule has 2 heterocycles. The van der Waals surface area contributed by atoms with Gasteiger partial charge in [-0.15, -0.1) is 0 Å².